The number of amides is 1. The van der Waals surface area contributed by atoms with Crippen molar-refractivity contribution in [3.05, 3.63) is 65.5 Å². The normalized spacial score (nSPS) is 10.2. The van der Waals surface area contributed by atoms with Crippen molar-refractivity contribution < 1.29 is 13.9 Å². The Hall–Kier alpha value is -2.36. The molecule has 0 N–H and O–H groups in total. The predicted octanol–water partition coefficient (Wildman–Crippen LogP) is 3.38. The molecule has 0 saturated heterocycles. The number of rotatable bonds is 5. The van der Waals surface area contributed by atoms with Gasteiger partial charge in [-0.3, -0.25) is 4.79 Å². The quantitative estimate of drug-likeness (QED) is 0.843. The van der Waals surface area contributed by atoms with Crippen LogP contribution in [0.5, 0.6) is 5.75 Å². The molecule has 21 heavy (non-hydrogen) atoms. The molecule has 0 radical (unpaired) electrons. The summed E-state index contributed by atoms with van der Waals surface area (Å²) in [5, 5.41) is 0. The zero-order valence-corrected chi connectivity index (χ0v) is 12.2. The Balaban J connectivity index is 1.97. The molecule has 2 rings (SSSR count). The van der Waals surface area contributed by atoms with Crippen LogP contribution in [0.25, 0.3) is 0 Å². The monoisotopic (exact) mass is 287 g/mol. The fourth-order valence-electron chi connectivity index (χ4n) is 1.87. The van der Waals surface area contributed by atoms with Crippen LogP contribution in [0.3, 0.4) is 0 Å². The van der Waals surface area contributed by atoms with Crippen molar-refractivity contribution in [1.82, 2.24) is 4.90 Å². The second kappa shape index (κ2) is 6.88. The molecule has 0 heterocycles. The highest BCUT2D eigenvalue weighted by molar-refractivity contribution is 5.72. The van der Waals surface area contributed by atoms with Gasteiger partial charge in [-0.15, -0.1) is 0 Å². The summed E-state index contributed by atoms with van der Waals surface area (Å²) in [6.07, 6.45) is 0. The molecule has 0 atom stereocenters. The van der Waals surface area contributed by atoms with Gasteiger partial charge < -0.3 is 9.64 Å². The third-order valence-electron chi connectivity index (χ3n) is 3.17. The van der Waals surface area contributed by atoms with Gasteiger partial charge in [-0.05, 0) is 35.4 Å². The number of hydrogen-bond donors (Lipinski definition) is 0. The average molecular weight is 287 g/mol. The summed E-state index contributed by atoms with van der Waals surface area (Å²) in [5.41, 5.74) is 1.91. The third-order valence-corrected chi connectivity index (χ3v) is 3.17. The molecule has 0 fully saturated rings. The first-order valence-corrected chi connectivity index (χ1v) is 6.72. The zero-order valence-electron chi connectivity index (χ0n) is 12.2. The van der Waals surface area contributed by atoms with Crippen molar-refractivity contribution in [2.75, 3.05) is 7.05 Å². The van der Waals surface area contributed by atoms with Crippen LogP contribution in [0.2, 0.25) is 0 Å². The van der Waals surface area contributed by atoms with Crippen molar-refractivity contribution in [1.29, 1.82) is 0 Å². The number of carbonyl (C=O) groups excluding carboxylic acids is 1. The van der Waals surface area contributed by atoms with Gasteiger partial charge in [0.1, 0.15) is 18.2 Å². The standard InChI is InChI=1S/C17H18FNO2/c1-13(20)19(2)11-15-4-3-5-17(10-15)21-12-14-6-8-16(18)9-7-14/h3-10H,11-12H2,1-2H3. The third kappa shape index (κ3) is 4.60. The molecule has 0 aromatic heterocycles. The molecule has 2 aromatic rings. The van der Waals surface area contributed by atoms with Crippen molar-refractivity contribution in [3.63, 3.8) is 0 Å². The summed E-state index contributed by atoms with van der Waals surface area (Å²) in [6, 6.07) is 13.8. The van der Waals surface area contributed by atoms with Crippen LogP contribution in [0.1, 0.15) is 18.1 Å². The SMILES string of the molecule is CC(=O)N(C)Cc1cccc(OCc2ccc(F)cc2)c1. The largest absolute Gasteiger partial charge is 0.489 e. The molecule has 0 aliphatic heterocycles. The molecule has 0 aliphatic carbocycles. The lowest BCUT2D eigenvalue weighted by Crippen LogP contribution is -2.22. The highest BCUT2D eigenvalue weighted by Gasteiger charge is 2.04. The summed E-state index contributed by atoms with van der Waals surface area (Å²) >= 11 is 0. The molecule has 0 spiro atoms. The van der Waals surface area contributed by atoms with Crippen molar-refractivity contribution >= 4 is 5.91 Å². The van der Waals surface area contributed by atoms with E-state index in [1.54, 1.807) is 24.1 Å². The highest BCUT2D eigenvalue weighted by atomic mass is 19.1. The Morgan fingerprint density at radius 3 is 2.52 bits per heavy atom. The summed E-state index contributed by atoms with van der Waals surface area (Å²) in [4.78, 5) is 12.9. The molecule has 0 saturated carbocycles. The lowest BCUT2D eigenvalue weighted by molar-refractivity contribution is -0.128. The minimum atomic E-state index is -0.256. The first-order valence-electron chi connectivity index (χ1n) is 6.72. The topological polar surface area (TPSA) is 29.5 Å². The maximum Gasteiger partial charge on any atom is 0.219 e. The smallest absolute Gasteiger partial charge is 0.219 e. The number of benzene rings is 2. The van der Waals surface area contributed by atoms with E-state index in [9.17, 15) is 9.18 Å². The molecule has 2 aromatic carbocycles. The van der Waals surface area contributed by atoms with Gasteiger partial charge in [-0.25, -0.2) is 4.39 Å². The van der Waals surface area contributed by atoms with E-state index in [0.29, 0.717) is 13.2 Å². The first-order chi connectivity index (χ1) is 10.0. The van der Waals surface area contributed by atoms with Gasteiger partial charge in [-0.1, -0.05) is 24.3 Å². The van der Waals surface area contributed by atoms with Gasteiger partial charge in [0.15, 0.2) is 0 Å². The summed E-state index contributed by atoms with van der Waals surface area (Å²) < 4.78 is 18.5. The van der Waals surface area contributed by atoms with Crippen molar-refractivity contribution in [2.45, 2.75) is 20.1 Å². The number of halogens is 1. The van der Waals surface area contributed by atoms with E-state index in [1.165, 1.54) is 19.1 Å². The molecule has 0 unspecified atom stereocenters. The Bertz CT molecular complexity index is 610. The summed E-state index contributed by atoms with van der Waals surface area (Å²) in [7, 11) is 1.76. The molecule has 110 valence electrons. The van der Waals surface area contributed by atoms with Gasteiger partial charge in [0.25, 0.3) is 0 Å². The lowest BCUT2D eigenvalue weighted by Gasteiger charge is -2.15. The molecule has 0 bridgehead atoms. The second-order valence-corrected chi connectivity index (χ2v) is 4.94. The fraction of sp³-hybridized carbons (Fsp3) is 0.235. The van der Waals surface area contributed by atoms with E-state index < -0.39 is 0 Å². The van der Waals surface area contributed by atoms with Crippen LogP contribution >= 0.6 is 0 Å². The van der Waals surface area contributed by atoms with Gasteiger partial charge in [0.2, 0.25) is 5.91 Å². The van der Waals surface area contributed by atoms with E-state index in [4.69, 9.17) is 4.74 Å². The van der Waals surface area contributed by atoms with Gasteiger partial charge >= 0.3 is 0 Å². The van der Waals surface area contributed by atoms with Crippen LogP contribution in [0.4, 0.5) is 4.39 Å². The van der Waals surface area contributed by atoms with Crippen LogP contribution < -0.4 is 4.74 Å². The Labute approximate surface area is 124 Å². The Morgan fingerprint density at radius 2 is 1.86 bits per heavy atom. The first kappa shape index (κ1) is 15.0. The molecule has 1 amide bonds. The molecular weight excluding hydrogens is 269 g/mol. The Morgan fingerprint density at radius 1 is 1.14 bits per heavy atom. The van der Waals surface area contributed by atoms with Crippen molar-refractivity contribution in [2.24, 2.45) is 0 Å². The number of ether oxygens (including phenoxy) is 1. The minimum absolute atomic E-state index is 0.0210. The minimum Gasteiger partial charge on any atom is -0.489 e. The molecule has 4 heteroatoms. The average Bonchev–Trinajstić information content (AvgIpc) is 2.47. The van der Waals surface area contributed by atoms with E-state index in [-0.39, 0.29) is 11.7 Å². The zero-order chi connectivity index (χ0) is 15.2. The van der Waals surface area contributed by atoms with E-state index in [2.05, 4.69) is 0 Å². The van der Waals surface area contributed by atoms with Crippen molar-refractivity contribution in [3.8, 4) is 5.75 Å². The van der Waals surface area contributed by atoms with Crippen LogP contribution in [-0.2, 0) is 17.9 Å². The van der Waals surface area contributed by atoms with Gasteiger partial charge in [-0.2, -0.15) is 0 Å². The van der Waals surface area contributed by atoms with Gasteiger partial charge in [0.05, 0.1) is 0 Å². The second-order valence-electron chi connectivity index (χ2n) is 4.94. The summed E-state index contributed by atoms with van der Waals surface area (Å²) in [5.74, 6) is 0.495. The highest BCUT2D eigenvalue weighted by Crippen LogP contribution is 2.16. The van der Waals surface area contributed by atoms with Gasteiger partial charge in [0, 0.05) is 20.5 Å². The Kier molecular flexibility index (Phi) is 4.93. The van der Waals surface area contributed by atoms with E-state index in [1.807, 2.05) is 24.3 Å². The predicted molar refractivity (Wildman–Crippen MR) is 79.3 cm³/mol. The molecule has 0 aliphatic rings. The number of carbonyl (C=O) groups is 1. The van der Waals surface area contributed by atoms with E-state index >= 15 is 0 Å². The maximum atomic E-state index is 12.8. The number of nitrogens with zero attached hydrogens (tertiary/aromatic N) is 1. The van der Waals surface area contributed by atoms with Crippen LogP contribution in [0, 0.1) is 5.82 Å². The van der Waals surface area contributed by atoms with Crippen LogP contribution in [-0.4, -0.2) is 17.9 Å². The fourth-order valence-corrected chi connectivity index (χ4v) is 1.87. The van der Waals surface area contributed by atoms with Crippen LogP contribution in [0.15, 0.2) is 48.5 Å². The molecular formula is C17H18FNO2. The van der Waals surface area contributed by atoms with E-state index in [0.717, 1.165) is 16.9 Å². The summed E-state index contributed by atoms with van der Waals surface area (Å²) in [6.45, 7) is 2.46. The maximum absolute atomic E-state index is 12.8. The lowest BCUT2D eigenvalue weighted by atomic mass is 10.2. The number of hydrogen-bond acceptors (Lipinski definition) is 2. The molecule has 3 nitrogen and oxygen atoms in total.